The maximum absolute atomic E-state index is 10.0. The summed E-state index contributed by atoms with van der Waals surface area (Å²) in [7, 11) is 0. The Morgan fingerprint density at radius 2 is 2.11 bits per heavy atom. The molecule has 19 heavy (non-hydrogen) atoms. The predicted molar refractivity (Wildman–Crippen MR) is 73.0 cm³/mol. The fraction of sp³-hybridized carbons (Fsp3) is 0.600. The van der Waals surface area contributed by atoms with E-state index < -0.39 is 5.60 Å². The molecule has 0 aromatic carbocycles. The normalized spacial score (nSPS) is 21.0. The Balaban J connectivity index is 1.91. The van der Waals surface area contributed by atoms with Crippen molar-refractivity contribution >= 4 is 5.82 Å². The Morgan fingerprint density at radius 1 is 1.37 bits per heavy atom. The summed E-state index contributed by atoms with van der Waals surface area (Å²) in [5.41, 5.74) is 2.51. The van der Waals surface area contributed by atoms with Crippen LogP contribution in [0.3, 0.4) is 0 Å². The lowest BCUT2D eigenvalue weighted by Gasteiger charge is -2.36. The Bertz CT molecular complexity index is 535. The molecule has 2 aliphatic rings. The van der Waals surface area contributed by atoms with Crippen LogP contribution in [0.2, 0.25) is 0 Å². The van der Waals surface area contributed by atoms with Crippen LogP contribution in [0.5, 0.6) is 0 Å². The maximum Gasteiger partial charge on any atom is 0.146 e. The van der Waals surface area contributed by atoms with Gasteiger partial charge in [-0.1, -0.05) is 0 Å². The van der Waals surface area contributed by atoms with E-state index in [1.54, 1.807) is 0 Å². The average Bonchev–Trinajstić information content (AvgIpc) is 2.84. The summed E-state index contributed by atoms with van der Waals surface area (Å²) in [6.07, 6.45) is 4.68. The van der Waals surface area contributed by atoms with Crippen molar-refractivity contribution in [2.45, 2.75) is 44.6 Å². The second-order valence-corrected chi connectivity index (χ2v) is 5.91. The third kappa shape index (κ3) is 2.31. The third-order valence-corrected chi connectivity index (χ3v) is 4.29. The molecule has 1 aromatic rings. The van der Waals surface area contributed by atoms with E-state index in [2.05, 4.69) is 11.0 Å². The van der Waals surface area contributed by atoms with E-state index in [1.165, 1.54) is 5.56 Å². The highest BCUT2D eigenvalue weighted by Gasteiger charge is 2.29. The number of aromatic nitrogens is 1. The standard InChI is InChI=1S/C15H19N3O/c1-15(19)5-7-18(8-6-15)14-12(10-16)9-11-3-2-4-13(11)17-14/h9,19H,2-8H2,1H3. The highest BCUT2D eigenvalue weighted by molar-refractivity contribution is 5.57. The van der Waals surface area contributed by atoms with Crippen LogP contribution in [0.1, 0.15) is 43.0 Å². The molecule has 1 N–H and O–H groups in total. The van der Waals surface area contributed by atoms with Crippen LogP contribution < -0.4 is 4.90 Å². The van der Waals surface area contributed by atoms with Gasteiger partial charge in [-0.05, 0) is 50.7 Å². The minimum Gasteiger partial charge on any atom is -0.390 e. The van der Waals surface area contributed by atoms with Crippen LogP contribution in [0.15, 0.2) is 6.07 Å². The molecule has 100 valence electrons. The fourth-order valence-electron chi connectivity index (χ4n) is 2.98. The quantitative estimate of drug-likeness (QED) is 0.833. The zero-order valence-electron chi connectivity index (χ0n) is 11.3. The van der Waals surface area contributed by atoms with Crippen LogP contribution in [0.4, 0.5) is 5.82 Å². The molecule has 0 atom stereocenters. The first-order chi connectivity index (χ1) is 9.09. The highest BCUT2D eigenvalue weighted by Crippen LogP contribution is 2.30. The van der Waals surface area contributed by atoms with Gasteiger partial charge < -0.3 is 10.0 Å². The van der Waals surface area contributed by atoms with Crippen molar-refractivity contribution < 1.29 is 5.11 Å². The smallest absolute Gasteiger partial charge is 0.146 e. The minimum atomic E-state index is -0.569. The number of anilines is 1. The molecule has 4 heteroatoms. The molecule has 0 radical (unpaired) electrons. The number of fused-ring (bicyclic) bond motifs is 1. The van der Waals surface area contributed by atoms with Gasteiger partial charge in [0.1, 0.15) is 11.9 Å². The summed E-state index contributed by atoms with van der Waals surface area (Å²) in [6.45, 7) is 3.42. The molecule has 0 spiro atoms. The molecule has 0 bridgehead atoms. The lowest BCUT2D eigenvalue weighted by atomic mass is 9.93. The second-order valence-electron chi connectivity index (χ2n) is 5.91. The van der Waals surface area contributed by atoms with Crippen LogP contribution in [0, 0.1) is 11.3 Å². The Hall–Kier alpha value is -1.60. The number of hydrogen-bond acceptors (Lipinski definition) is 4. The Labute approximate surface area is 113 Å². The summed E-state index contributed by atoms with van der Waals surface area (Å²) < 4.78 is 0. The zero-order chi connectivity index (χ0) is 13.5. The van der Waals surface area contributed by atoms with Crippen molar-refractivity contribution in [3.05, 3.63) is 22.9 Å². The van der Waals surface area contributed by atoms with E-state index in [4.69, 9.17) is 4.98 Å². The number of aliphatic hydroxyl groups is 1. The zero-order valence-corrected chi connectivity index (χ0v) is 11.3. The lowest BCUT2D eigenvalue weighted by Crippen LogP contribution is -2.43. The second kappa shape index (κ2) is 4.50. The van der Waals surface area contributed by atoms with E-state index >= 15 is 0 Å². The molecule has 0 unspecified atom stereocenters. The molecule has 1 aromatic heterocycles. The van der Waals surface area contributed by atoms with Crippen molar-refractivity contribution in [1.29, 1.82) is 5.26 Å². The molecular formula is C15H19N3O. The van der Waals surface area contributed by atoms with Crippen LogP contribution in [-0.2, 0) is 12.8 Å². The van der Waals surface area contributed by atoms with Crippen LogP contribution >= 0.6 is 0 Å². The maximum atomic E-state index is 10.0. The van der Waals surface area contributed by atoms with Crippen LogP contribution in [0.25, 0.3) is 0 Å². The Morgan fingerprint density at radius 3 is 2.79 bits per heavy atom. The average molecular weight is 257 g/mol. The van der Waals surface area contributed by atoms with Gasteiger partial charge in [0.15, 0.2) is 0 Å². The summed E-state index contributed by atoms with van der Waals surface area (Å²) in [4.78, 5) is 6.87. The number of nitriles is 1. The highest BCUT2D eigenvalue weighted by atomic mass is 16.3. The van der Waals surface area contributed by atoms with E-state index in [0.717, 1.165) is 56.7 Å². The predicted octanol–water partition coefficient (Wildman–Crippen LogP) is 1.79. The van der Waals surface area contributed by atoms with Gasteiger partial charge in [0, 0.05) is 18.8 Å². The summed E-state index contributed by atoms with van der Waals surface area (Å²) in [5.74, 6) is 0.818. The number of nitrogens with zero attached hydrogens (tertiary/aromatic N) is 3. The van der Waals surface area contributed by atoms with E-state index in [-0.39, 0.29) is 0 Å². The molecule has 1 aliphatic heterocycles. The molecule has 0 amide bonds. The number of hydrogen-bond donors (Lipinski definition) is 1. The first-order valence-corrected chi connectivity index (χ1v) is 6.99. The van der Waals surface area contributed by atoms with Gasteiger partial charge in [-0.3, -0.25) is 0 Å². The minimum absolute atomic E-state index is 0.569. The molecule has 1 saturated heterocycles. The first kappa shape index (κ1) is 12.4. The molecule has 1 aliphatic carbocycles. The van der Waals surface area contributed by atoms with Crippen molar-refractivity contribution in [3.8, 4) is 6.07 Å². The van der Waals surface area contributed by atoms with Gasteiger partial charge in [0.2, 0.25) is 0 Å². The molecule has 1 fully saturated rings. The van der Waals surface area contributed by atoms with Gasteiger partial charge in [0.05, 0.1) is 11.2 Å². The summed E-state index contributed by atoms with van der Waals surface area (Å²) in [5, 5.41) is 19.3. The first-order valence-electron chi connectivity index (χ1n) is 6.99. The lowest BCUT2D eigenvalue weighted by molar-refractivity contribution is 0.0350. The number of pyridine rings is 1. The van der Waals surface area contributed by atoms with Crippen molar-refractivity contribution in [3.63, 3.8) is 0 Å². The SMILES string of the molecule is CC1(O)CCN(c2nc3c(cc2C#N)CCC3)CC1. The molecule has 2 heterocycles. The van der Waals surface area contributed by atoms with Gasteiger partial charge in [-0.25, -0.2) is 4.98 Å². The topological polar surface area (TPSA) is 60.1 Å². The molecule has 3 rings (SSSR count). The summed E-state index contributed by atoms with van der Waals surface area (Å²) >= 11 is 0. The van der Waals surface area contributed by atoms with Gasteiger partial charge in [-0.15, -0.1) is 0 Å². The monoisotopic (exact) mass is 257 g/mol. The van der Waals surface area contributed by atoms with E-state index in [0.29, 0.717) is 5.56 Å². The largest absolute Gasteiger partial charge is 0.390 e. The Kier molecular flexibility index (Phi) is 2.94. The van der Waals surface area contributed by atoms with Gasteiger partial charge in [-0.2, -0.15) is 5.26 Å². The molecule has 4 nitrogen and oxygen atoms in total. The third-order valence-electron chi connectivity index (χ3n) is 4.29. The fourth-order valence-corrected chi connectivity index (χ4v) is 2.98. The number of rotatable bonds is 1. The van der Waals surface area contributed by atoms with Crippen molar-refractivity contribution in [2.75, 3.05) is 18.0 Å². The molecular weight excluding hydrogens is 238 g/mol. The van der Waals surface area contributed by atoms with E-state index in [1.807, 2.05) is 13.0 Å². The summed E-state index contributed by atoms with van der Waals surface area (Å²) in [6, 6.07) is 4.29. The molecule has 0 saturated carbocycles. The number of piperidine rings is 1. The van der Waals surface area contributed by atoms with Gasteiger partial charge >= 0.3 is 0 Å². The van der Waals surface area contributed by atoms with Gasteiger partial charge in [0.25, 0.3) is 0 Å². The van der Waals surface area contributed by atoms with E-state index in [9.17, 15) is 10.4 Å². The number of aryl methyl sites for hydroxylation is 2. The van der Waals surface area contributed by atoms with Crippen molar-refractivity contribution in [2.24, 2.45) is 0 Å². The van der Waals surface area contributed by atoms with Crippen molar-refractivity contribution in [1.82, 2.24) is 4.98 Å². The van der Waals surface area contributed by atoms with Crippen LogP contribution in [-0.4, -0.2) is 28.8 Å².